The van der Waals surface area contributed by atoms with E-state index in [1.54, 1.807) is 12.1 Å². The average molecular weight is 495 g/mol. The van der Waals surface area contributed by atoms with Crippen LogP contribution in [0.25, 0.3) is 11.0 Å². The standard InChI is InChI=1S/C21H14ClF3N4O3S/c22-14-5-1-4-8-17(14)33(30,31)29-19-20(28-16-7-3-2-6-15(16)27-19)32-18(21(23,24)25)13-9-11-26-12-10-13/h1-12,18H,(H,27,29). The van der Waals surface area contributed by atoms with Crippen molar-refractivity contribution in [2.45, 2.75) is 17.2 Å². The van der Waals surface area contributed by atoms with Crippen molar-refractivity contribution >= 4 is 38.5 Å². The zero-order valence-corrected chi connectivity index (χ0v) is 18.1. The van der Waals surface area contributed by atoms with Crippen LogP contribution in [0.4, 0.5) is 19.0 Å². The van der Waals surface area contributed by atoms with E-state index in [0.717, 1.165) is 12.1 Å². The van der Waals surface area contributed by atoms with E-state index in [0.29, 0.717) is 0 Å². The van der Waals surface area contributed by atoms with Gasteiger partial charge in [0.05, 0.1) is 16.1 Å². The molecule has 33 heavy (non-hydrogen) atoms. The number of anilines is 1. The topological polar surface area (TPSA) is 94.1 Å². The molecule has 4 aromatic rings. The fourth-order valence-corrected chi connectivity index (χ4v) is 4.47. The van der Waals surface area contributed by atoms with Crippen molar-refractivity contribution in [3.05, 3.63) is 83.6 Å². The minimum absolute atomic E-state index is 0.0776. The Kier molecular flexibility index (Phi) is 6.09. The zero-order chi connectivity index (χ0) is 23.6. The summed E-state index contributed by atoms with van der Waals surface area (Å²) in [5.41, 5.74) is 0.213. The van der Waals surface area contributed by atoms with Gasteiger partial charge in [-0.25, -0.2) is 18.4 Å². The fourth-order valence-electron chi connectivity index (χ4n) is 2.95. The lowest BCUT2D eigenvalue weighted by Crippen LogP contribution is -2.27. The van der Waals surface area contributed by atoms with Gasteiger partial charge in [0.25, 0.3) is 15.9 Å². The van der Waals surface area contributed by atoms with Crippen molar-refractivity contribution in [2.24, 2.45) is 0 Å². The van der Waals surface area contributed by atoms with Crippen LogP contribution >= 0.6 is 11.6 Å². The van der Waals surface area contributed by atoms with Crippen LogP contribution in [-0.2, 0) is 10.0 Å². The summed E-state index contributed by atoms with van der Waals surface area (Å²) >= 11 is 5.99. The minimum atomic E-state index is -4.84. The van der Waals surface area contributed by atoms with Crippen LogP contribution in [-0.4, -0.2) is 29.5 Å². The van der Waals surface area contributed by atoms with E-state index < -0.39 is 34.0 Å². The molecular weight excluding hydrogens is 481 g/mol. The number of sulfonamides is 1. The van der Waals surface area contributed by atoms with E-state index in [4.69, 9.17) is 16.3 Å². The van der Waals surface area contributed by atoms with E-state index in [1.807, 2.05) is 0 Å². The molecule has 0 amide bonds. The second kappa shape index (κ2) is 8.83. The Bertz CT molecular complexity index is 1400. The highest BCUT2D eigenvalue weighted by atomic mass is 35.5. The molecule has 1 unspecified atom stereocenters. The van der Waals surface area contributed by atoms with Gasteiger partial charge in [-0.3, -0.25) is 9.71 Å². The van der Waals surface area contributed by atoms with Gasteiger partial charge in [-0.1, -0.05) is 35.9 Å². The molecule has 0 fully saturated rings. The first kappa shape index (κ1) is 22.7. The summed E-state index contributed by atoms with van der Waals surface area (Å²) in [6.07, 6.45) is -4.91. The summed E-state index contributed by atoms with van der Waals surface area (Å²) in [6.45, 7) is 0. The number of benzene rings is 2. The first-order valence-electron chi connectivity index (χ1n) is 9.32. The van der Waals surface area contributed by atoms with Crippen molar-refractivity contribution < 1.29 is 26.3 Å². The number of nitrogens with one attached hydrogen (secondary N) is 1. The molecule has 0 saturated carbocycles. The molecule has 0 saturated heterocycles. The van der Waals surface area contributed by atoms with Gasteiger partial charge in [-0.05, 0) is 36.4 Å². The molecule has 2 heterocycles. The highest BCUT2D eigenvalue weighted by molar-refractivity contribution is 7.92. The monoisotopic (exact) mass is 494 g/mol. The Hall–Kier alpha value is -3.44. The van der Waals surface area contributed by atoms with Crippen molar-refractivity contribution in [3.63, 3.8) is 0 Å². The second-order valence-electron chi connectivity index (χ2n) is 6.72. The Labute approximate surface area is 191 Å². The van der Waals surface area contributed by atoms with Crippen LogP contribution in [0.2, 0.25) is 5.02 Å². The normalized spacial score (nSPS) is 13.0. The molecule has 0 aliphatic carbocycles. The quantitative estimate of drug-likeness (QED) is 0.398. The van der Waals surface area contributed by atoms with Gasteiger partial charge in [0, 0.05) is 18.0 Å². The Morgan fingerprint density at radius 2 is 1.52 bits per heavy atom. The molecule has 7 nitrogen and oxygen atoms in total. The Morgan fingerprint density at radius 1 is 0.909 bits per heavy atom. The summed E-state index contributed by atoms with van der Waals surface area (Å²) in [7, 11) is -4.33. The predicted octanol–water partition coefficient (Wildman–Crippen LogP) is 5.16. The zero-order valence-electron chi connectivity index (χ0n) is 16.5. The van der Waals surface area contributed by atoms with E-state index in [9.17, 15) is 21.6 Å². The number of rotatable bonds is 6. The number of hydrogen-bond donors (Lipinski definition) is 1. The summed E-state index contributed by atoms with van der Waals surface area (Å²) < 4.78 is 74.7. The second-order valence-corrected chi connectivity index (χ2v) is 8.78. The first-order valence-corrected chi connectivity index (χ1v) is 11.2. The van der Waals surface area contributed by atoms with E-state index in [2.05, 4.69) is 19.7 Å². The molecule has 2 aromatic heterocycles. The minimum Gasteiger partial charge on any atom is -0.457 e. The molecule has 0 aliphatic heterocycles. The first-order chi connectivity index (χ1) is 15.6. The highest BCUT2D eigenvalue weighted by Crippen LogP contribution is 2.38. The number of aromatic nitrogens is 3. The largest absolute Gasteiger partial charge is 0.457 e. The van der Waals surface area contributed by atoms with Gasteiger partial charge in [0.1, 0.15) is 4.90 Å². The van der Waals surface area contributed by atoms with Crippen LogP contribution in [0.1, 0.15) is 11.7 Å². The summed E-state index contributed by atoms with van der Waals surface area (Å²) in [4.78, 5) is 11.7. The van der Waals surface area contributed by atoms with Gasteiger partial charge in [0.2, 0.25) is 11.9 Å². The lowest BCUT2D eigenvalue weighted by atomic mass is 10.1. The summed E-state index contributed by atoms with van der Waals surface area (Å²) in [5, 5.41) is -0.0776. The average Bonchev–Trinajstić information content (AvgIpc) is 2.77. The van der Waals surface area contributed by atoms with Gasteiger partial charge in [-0.2, -0.15) is 13.2 Å². The Balaban J connectivity index is 1.82. The number of nitrogens with zero attached hydrogens (tertiary/aromatic N) is 3. The maximum atomic E-state index is 13.8. The van der Waals surface area contributed by atoms with Gasteiger partial charge < -0.3 is 4.74 Å². The van der Waals surface area contributed by atoms with E-state index in [1.165, 1.54) is 48.8 Å². The Morgan fingerprint density at radius 3 is 2.15 bits per heavy atom. The smallest absolute Gasteiger partial charge is 0.429 e. The highest BCUT2D eigenvalue weighted by Gasteiger charge is 2.44. The SMILES string of the molecule is O=S(=O)(Nc1nc2ccccc2nc1OC(c1ccncc1)C(F)(F)F)c1ccccc1Cl. The number of para-hydroxylation sites is 2. The lowest BCUT2D eigenvalue weighted by molar-refractivity contribution is -0.198. The molecule has 1 N–H and O–H groups in total. The third-order valence-corrected chi connectivity index (χ3v) is 6.27. The van der Waals surface area contributed by atoms with Crippen molar-refractivity contribution in [1.29, 1.82) is 0 Å². The predicted molar refractivity (Wildman–Crippen MR) is 115 cm³/mol. The third-order valence-electron chi connectivity index (χ3n) is 4.43. The summed E-state index contributed by atoms with van der Waals surface area (Å²) in [5.74, 6) is -1.17. The summed E-state index contributed by atoms with van der Waals surface area (Å²) in [6, 6.07) is 14.2. The maximum absolute atomic E-state index is 13.8. The van der Waals surface area contributed by atoms with Crippen LogP contribution in [0.15, 0.2) is 78.0 Å². The number of ether oxygens (including phenoxy) is 1. The molecular formula is C21H14ClF3N4O3S. The lowest BCUT2D eigenvalue weighted by Gasteiger charge is -2.22. The number of halogens is 4. The van der Waals surface area contributed by atoms with Crippen LogP contribution in [0.3, 0.4) is 0 Å². The van der Waals surface area contributed by atoms with E-state index in [-0.39, 0.29) is 26.5 Å². The van der Waals surface area contributed by atoms with Crippen molar-refractivity contribution in [2.75, 3.05) is 4.72 Å². The van der Waals surface area contributed by atoms with Crippen LogP contribution in [0, 0.1) is 0 Å². The van der Waals surface area contributed by atoms with Crippen molar-refractivity contribution in [3.8, 4) is 5.88 Å². The van der Waals surface area contributed by atoms with Gasteiger partial charge in [-0.15, -0.1) is 0 Å². The van der Waals surface area contributed by atoms with Gasteiger partial charge in [0.15, 0.2) is 0 Å². The molecule has 4 rings (SSSR count). The van der Waals surface area contributed by atoms with Gasteiger partial charge >= 0.3 is 6.18 Å². The molecule has 170 valence electrons. The maximum Gasteiger partial charge on any atom is 0.429 e. The van der Waals surface area contributed by atoms with Crippen LogP contribution < -0.4 is 9.46 Å². The molecule has 12 heteroatoms. The molecule has 2 aromatic carbocycles. The third kappa shape index (κ3) is 4.99. The molecule has 1 atom stereocenters. The number of alkyl halides is 3. The molecule has 0 bridgehead atoms. The van der Waals surface area contributed by atoms with Crippen molar-refractivity contribution in [1.82, 2.24) is 15.0 Å². The number of hydrogen-bond acceptors (Lipinski definition) is 6. The van der Waals surface area contributed by atoms with Crippen LogP contribution in [0.5, 0.6) is 5.88 Å². The number of pyridine rings is 1. The molecule has 0 aliphatic rings. The van der Waals surface area contributed by atoms with E-state index >= 15 is 0 Å². The fraction of sp³-hybridized carbons (Fsp3) is 0.0952. The molecule has 0 spiro atoms. The molecule has 0 radical (unpaired) electrons. The number of fused-ring (bicyclic) bond motifs is 1.